The van der Waals surface area contributed by atoms with Crippen LogP contribution >= 0.6 is 0 Å². The zero-order valence-electron chi connectivity index (χ0n) is 8.48. The number of nitrogens with two attached hydrogens (primary N) is 1. The predicted molar refractivity (Wildman–Crippen MR) is 56.1 cm³/mol. The summed E-state index contributed by atoms with van der Waals surface area (Å²) in [6.45, 7) is 0. The molecule has 8 heteroatoms. The molecule has 92 valence electrons. The monoisotopic (exact) mass is 242 g/mol. The summed E-state index contributed by atoms with van der Waals surface area (Å²) in [5, 5.41) is 37.8. The molecule has 0 heterocycles. The first-order chi connectivity index (χ1) is 7.84. The Balaban J connectivity index is 3.21. The Morgan fingerprint density at radius 3 is 2.47 bits per heavy atom. The molecule has 0 fully saturated rings. The minimum atomic E-state index is -2.14. The first kappa shape index (κ1) is 12.9. The lowest BCUT2D eigenvalue weighted by Gasteiger charge is -2.14. The molecule has 0 radical (unpaired) electrons. The Labute approximate surface area is 95.1 Å². The Morgan fingerprint density at radius 2 is 2.00 bits per heavy atom. The molecular formula is C9H10N2O6. The van der Waals surface area contributed by atoms with Crippen LogP contribution in [0.15, 0.2) is 18.2 Å². The number of aliphatic hydroxyl groups is 2. The Kier molecular flexibility index (Phi) is 3.61. The second-order valence-corrected chi connectivity index (χ2v) is 3.30. The number of carbonyl (C=O) groups is 1. The summed E-state index contributed by atoms with van der Waals surface area (Å²) in [4.78, 5) is 20.3. The van der Waals surface area contributed by atoms with E-state index in [0.717, 1.165) is 12.1 Å². The van der Waals surface area contributed by atoms with Crippen molar-refractivity contribution in [1.29, 1.82) is 0 Å². The van der Waals surface area contributed by atoms with E-state index in [0.29, 0.717) is 0 Å². The summed E-state index contributed by atoms with van der Waals surface area (Å²) >= 11 is 0. The average Bonchev–Trinajstić information content (AvgIpc) is 2.26. The molecule has 2 atom stereocenters. The number of nitrogen functional groups attached to an aromatic ring is 1. The summed E-state index contributed by atoms with van der Waals surface area (Å²) < 4.78 is 0. The highest BCUT2D eigenvalue weighted by Crippen LogP contribution is 2.29. The van der Waals surface area contributed by atoms with E-state index in [-0.39, 0.29) is 11.3 Å². The molecule has 0 bridgehead atoms. The van der Waals surface area contributed by atoms with E-state index in [1.54, 1.807) is 0 Å². The van der Waals surface area contributed by atoms with Gasteiger partial charge in [-0.2, -0.15) is 0 Å². The average molecular weight is 242 g/mol. The zero-order chi connectivity index (χ0) is 13.2. The van der Waals surface area contributed by atoms with E-state index in [1.165, 1.54) is 6.07 Å². The van der Waals surface area contributed by atoms with E-state index in [9.17, 15) is 20.0 Å². The summed E-state index contributed by atoms with van der Waals surface area (Å²) in [5.41, 5.74) is 4.58. The molecule has 0 saturated heterocycles. The highest BCUT2D eigenvalue weighted by Gasteiger charge is 2.30. The Morgan fingerprint density at radius 1 is 1.41 bits per heavy atom. The van der Waals surface area contributed by atoms with Crippen LogP contribution in [0, 0.1) is 10.1 Å². The molecule has 2 unspecified atom stereocenters. The van der Waals surface area contributed by atoms with Crippen LogP contribution in [-0.2, 0) is 4.79 Å². The van der Waals surface area contributed by atoms with E-state index >= 15 is 0 Å². The third-order valence-corrected chi connectivity index (χ3v) is 2.12. The quantitative estimate of drug-likeness (QED) is 0.320. The number of aliphatic carboxylic acids is 1. The van der Waals surface area contributed by atoms with Crippen molar-refractivity contribution in [2.45, 2.75) is 12.2 Å². The van der Waals surface area contributed by atoms with E-state index in [1.807, 2.05) is 0 Å². The van der Waals surface area contributed by atoms with Gasteiger partial charge in [0.15, 0.2) is 6.10 Å². The fourth-order valence-corrected chi connectivity index (χ4v) is 1.27. The first-order valence-corrected chi connectivity index (χ1v) is 4.47. The molecule has 1 aromatic rings. The van der Waals surface area contributed by atoms with E-state index < -0.39 is 28.8 Å². The van der Waals surface area contributed by atoms with Gasteiger partial charge in [-0.05, 0) is 12.1 Å². The lowest BCUT2D eigenvalue weighted by Crippen LogP contribution is -2.28. The molecule has 1 rings (SSSR count). The van der Waals surface area contributed by atoms with Gasteiger partial charge in [-0.1, -0.05) is 0 Å². The number of anilines is 1. The molecule has 0 amide bonds. The molecule has 0 spiro atoms. The van der Waals surface area contributed by atoms with Gasteiger partial charge in [0.1, 0.15) is 6.10 Å². The van der Waals surface area contributed by atoms with Crippen molar-refractivity contribution in [3.63, 3.8) is 0 Å². The van der Waals surface area contributed by atoms with Gasteiger partial charge in [-0.15, -0.1) is 0 Å². The largest absolute Gasteiger partial charge is 0.479 e. The van der Waals surface area contributed by atoms with Gasteiger partial charge in [-0.3, -0.25) is 10.1 Å². The minimum Gasteiger partial charge on any atom is -0.479 e. The van der Waals surface area contributed by atoms with Gasteiger partial charge in [0.25, 0.3) is 5.69 Å². The SMILES string of the molecule is Nc1ccc(C(O)C(O)C(=O)O)c([N+](=O)[O-])c1. The standard InChI is InChI=1S/C9H10N2O6/c10-4-1-2-5(6(3-4)11(16)17)7(12)8(13)9(14)15/h1-3,7-8,12-13H,10H2,(H,14,15). The number of nitrogens with zero attached hydrogens (tertiary/aromatic N) is 1. The second kappa shape index (κ2) is 4.76. The molecule has 0 saturated carbocycles. The van der Waals surface area contributed by atoms with E-state index in [4.69, 9.17) is 15.9 Å². The molecular weight excluding hydrogens is 232 g/mol. The molecule has 8 nitrogen and oxygen atoms in total. The van der Waals surface area contributed by atoms with Crippen LogP contribution in [0.1, 0.15) is 11.7 Å². The minimum absolute atomic E-state index is 0.0949. The van der Waals surface area contributed by atoms with Gasteiger partial charge in [-0.25, -0.2) is 4.79 Å². The molecule has 0 aliphatic carbocycles. The summed E-state index contributed by atoms with van der Waals surface area (Å²) in [7, 11) is 0. The van der Waals surface area contributed by atoms with E-state index in [2.05, 4.69) is 0 Å². The summed E-state index contributed by atoms with van der Waals surface area (Å²) in [6.07, 6.45) is -4.04. The molecule has 1 aromatic carbocycles. The van der Waals surface area contributed by atoms with Crippen LogP contribution in [0.5, 0.6) is 0 Å². The van der Waals surface area contributed by atoms with Crippen molar-refractivity contribution < 1.29 is 25.0 Å². The van der Waals surface area contributed by atoms with Crippen LogP contribution in [0.4, 0.5) is 11.4 Å². The van der Waals surface area contributed by atoms with Gasteiger partial charge in [0, 0.05) is 11.8 Å². The number of rotatable bonds is 4. The second-order valence-electron chi connectivity index (χ2n) is 3.30. The molecule has 0 aliphatic heterocycles. The fourth-order valence-electron chi connectivity index (χ4n) is 1.27. The van der Waals surface area contributed by atoms with Gasteiger partial charge in [0.05, 0.1) is 10.5 Å². The number of nitro groups is 1. The van der Waals surface area contributed by atoms with Crippen LogP contribution in [0.2, 0.25) is 0 Å². The van der Waals surface area contributed by atoms with Crippen molar-refractivity contribution in [1.82, 2.24) is 0 Å². The van der Waals surface area contributed by atoms with Gasteiger partial charge in [0.2, 0.25) is 0 Å². The number of aliphatic hydroxyl groups excluding tert-OH is 2. The van der Waals surface area contributed by atoms with Crippen LogP contribution in [0.25, 0.3) is 0 Å². The number of nitro benzene ring substituents is 1. The lowest BCUT2D eigenvalue weighted by molar-refractivity contribution is -0.386. The smallest absolute Gasteiger partial charge is 0.335 e. The maximum atomic E-state index is 10.7. The number of carboxylic acids is 1. The highest BCUT2D eigenvalue weighted by molar-refractivity contribution is 5.73. The third-order valence-electron chi connectivity index (χ3n) is 2.12. The topological polar surface area (TPSA) is 147 Å². The maximum Gasteiger partial charge on any atom is 0.335 e. The van der Waals surface area contributed by atoms with Crippen LogP contribution < -0.4 is 5.73 Å². The van der Waals surface area contributed by atoms with Crippen molar-refractivity contribution >= 4 is 17.3 Å². The predicted octanol–water partition coefficient (Wildman–Crippen LogP) is -0.344. The number of carboxylic acid groups (broad SMARTS) is 1. The number of hydrogen-bond acceptors (Lipinski definition) is 6. The lowest BCUT2D eigenvalue weighted by atomic mass is 10.0. The normalized spacial score (nSPS) is 14.0. The maximum absolute atomic E-state index is 10.7. The Bertz CT molecular complexity index is 461. The number of benzene rings is 1. The van der Waals surface area contributed by atoms with Crippen molar-refractivity contribution in [2.24, 2.45) is 0 Å². The Hall–Kier alpha value is -2.19. The van der Waals surface area contributed by atoms with Gasteiger partial charge >= 0.3 is 5.97 Å². The van der Waals surface area contributed by atoms with Crippen LogP contribution in [0.3, 0.4) is 0 Å². The zero-order valence-corrected chi connectivity index (χ0v) is 8.48. The van der Waals surface area contributed by atoms with Crippen molar-refractivity contribution in [3.05, 3.63) is 33.9 Å². The highest BCUT2D eigenvalue weighted by atomic mass is 16.6. The summed E-state index contributed by atoms with van der Waals surface area (Å²) in [5.74, 6) is -1.68. The first-order valence-electron chi connectivity index (χ1n) is 4.47. The molecule has 0 aromatic heterocycles. The third kappa shape index (κ3) is 2.68. The van der Waals surface area contributed by atoms with Crippen molar-refractivity contribution in [2.75, 3.05) is 5.73 Å². The van der Waals surface area contributed by atoms with Crippen molar-refractivity contribution in [3.8, 4) is 0 Å². The number of hydrogen-bond donors (Lipinski definition) is 4. The fraction of sp³-hybridized carbons (Fsp3) is 0.222. The summed E-state index contributed by atoms with van der Waals surface area (Å²) in [6, 6.07) is 3.34. The molecule has 5 N–H and O–H groups in total. The molecule has 0 aliphatic rings. The van der Waals surface area contributed by atoms with Gasteiger partial charge < -0.3 is 21.1 Å². The molecule has 17 heavy (non-hydrogen) atoms. The van der Waals surface area contributed by atoms with Crippen LogP contribution in [-0.4, -0.2) is 32.3 Å².